The van der Waals surface area contributed by atoms with Gasteiger partial charge in [-0.1, -0.05) is 13.0 Å². The maximum Gasteiger partial charge on any atom is 0.315 e. The quantitative estimate of drug-likeness (QED) is 0.211. The molecule has 30 heavy (non-hydrogen) atoms. The molecular formula is C19H21N5O4S2. The zero-order valence-corrected chi connectivity index (χ0v) is 18.2. The summed E-state index contributed by atoms with van der Waals surface area (Å²) in [6, 6.07) is 7.03. The standard InChI is InChI=1S/C19H21N5O4S2/c1-3-7-28-18-15(24(25)26)9-13(10-16(18)27-4-2)12-20-23-17(21-22-19(23)29)11-14-6-5-8-30-14/h5-6,8-10,12H,3-4,7,11H2,1-2H3,(H,22,29)/b20-12-. The summed E-state index contributed by atoms with van der Waals surface area (Å²) in [5.74, 6) is 1.07. The summed E-state index contributed by atoms with van der Waals surface area (Å²) in [5, 5.41) is 24.9. The highest BCUT2D eigenvalue weighted by molar-refractivity contribution is 7.71. The molecular weight excluding hydrogens is 426 g/mol. The third kappa shape index (κ3) is 5.10. The predicted octanol–water partition coefficient (Wildman–Crippen LogP) is 4.57. The number of H-pyrrole nitrogens is 1. The number of aromatic amines is 1. The molecule has 3 aromatic rings. The second-order valence-corrected chi connectivity index (χ2v) is 7.58. The molecule has 158 valence electrons. The molecule has 0 saturated carbocycles. The summed E-state index contributed by atoms with van der Waals surface area (Å²) in [5.41, 5.74) is 0.310. The van der Waals surface area contributed by atoms with Crippen molar-refractivity contribution in [2.75, 3.05) is 13.2 Å². The van der Waals surface area contributed by atoms with E-state index in [1.807, 2.05) is 24.4 Å². The van der Waals surface area contributed by atoms with Crippen LogP contribution in [0.1, 0.15) is 36.5 Å². The third-order valence-corrected chi connectivity index (χ3v) is 5.10. The van der Waals surface area contributed by atoms with Crippen molar-refractivity contribution in [2.24, 2.45) is 5.10 Å². The van der Waals surface area contributed by atoms with Crippen molar-refractivity contribution in [1.82, 2.24) is 14.9 Å². The zero-order chi connectivity index (χ0) is 21.5. The van der Waals surface area contributed by atoms with Crippen molar-refractivity contribution in [1.29, 1.82) is 0 Å². The first-order valence-corrected chi connectivity index (χ1v) is 10.6. The highest BCUT2D eigenvalue weighted by Crippen LogP contribution is 2.38. The van der Waals surface area contributed by atoms with E-state index in [0.717, 1.165) is 11.3 Å². The Morgan fingerprint density at radius 3 is 2.90 bits per heavy atom. The topological polar surface area (TPSA) is 108 Å². The van der Waals surface area contributed by atoms with Gasteiger partial charge in [-0.2, -0.15) is 14.9 Å². The minimum Gasteiger partial charge on any atom is -0.490 e. The second-order valence-electron chi connectivity index (χ2n) is 6.16. The minimum atomic E-state index is -0.490. The number of hydrogen-bond donors (Lipinski definition) is 1. The molecule has 11 heteroatoms. The van der Waals surface area contributed by atoms with E-state index in [4.69, 9.17) is 21.7 Å². The average molecular weight is 448 g/mol. The molecule has 3 rings (SSSR count). The molecule has 9 nitrogen and oxygen atoms in total. The Hall–Kier alpha value is -3.05. The van der Waals surface area contributed by atoms with Crippen LogP contribution in [0.3, 0.4) is 0 Å². The lowest BCUT2D eigenvalue weighted by molar-refractivity contribution is -0.386. The van der Waals surface area contributed by atoms with Gasteiger partial charge in [0.2, 0.25) is 10.5 Å². The van der Waals surface area contributed by atoms with Crippen LogP contribution in [0.15, 0.2) is 34.7 Å². The number of thiophene rings is 1. The number of nitrogens with one attached hydrogen (secondary N) is 1. The fraction of sp³-hybridized carbons (Fsp3) is 0.316. The lowest BCUT2D eigenvalue weighted by atomic mass is 10.2. The number of nitro groups is 1. The summed E-state index contributed by atoms with van der Waals surface area (Å²) in [4.78, 5) is 12.2. The van der Waals surface area contributed by atoms with E-state index < -0.39 is 4.92 Å². The summed E-state index contributed by atoms with van der Waals surface area (Å²) in [7, 11) is 0. The first-order valence-electron chi connectivity index (χ1n) is 9.34. The Labute approximate surface area is 182 Å². The number of rotatable bonds is 10. The minimum absolute atomic E-state index is 0.124. The van der Waals surface area contributed by atoms with E-state index in [9.17, 15) is 10.1 Å². The van der Waals surface area contributed by atoms with Gasteiger partial charge in [0, 0.05) is 22.9 Å². The molecule has 0 fully saturated rings. The van der Waals surface area contributed by atoms with Gasteiger partial charge < -0.3 is 9.47 Å². The molecule has 0 bridgehead atoms. The van der Waals surface area contributed by atoms with Crippen LogP contribution < -0.4 is 9.47 Å². The first-order chi connectivity index (χ1) is 14.5. The van der Waals surface area contributed by atoms with Gasteiger partial charge in [0.1, 0.15) is 0 Å². The maximum atomic E-state index is 11.6. The normalized spacial score (nSPS) is 11.1. The molecule has 1 aromatic carbocycles. The Morgan fingerprint density at radius 1 is 1.40 bits per heavy atom. The molecule has 1 N–H and O–H groups in total. The van der Waals surface area contributed by atoms with Crippen LogP contribution in [0.5, 0.6) is 11.5 Å². The number of nitrogens with zero attached hydrogens (tertiary/aromatic N) is 4. The molecule has 0 atom stereocenters. The summed E-state index contributed by atoms with van der Waals surface area (Å²) < 4.78 is 13.0. The third-order valence-electron chi connectivity index (χ3n) is 3.96. The number of benzene rings is 1. The molecule has 0 amide bonds. The number of hydrogen-bond acceptors (Lipinski definition) is 8. The Morgan fingerprint density at radius 2 is 2.23 bits per heavy atom. The number of nitro benzene ring substituents is 1. The van der Waals surface area contributed by atoms with Gasteiger partial charge in [-0.05, 0) is 43.1 Å². The SMILES string of the molecule is CCCOc1c(OCC)cc(/C=N\n2c(Cc3cccs3)n[nH]c2=S)cc1[N+](=O)[O-]. The molecule has 0 saturated heterocycles. The number of ether oxygens (including phenoxy) is 2. The van der Waals surface area contributed by atoms with E-state index in [1.165, 1.54) is 17.0 Å². The van der Waals surface area contributed by atoms with Gasteiger partial charge in [-0.3, -0.25) is 15.2 Å². The maximum absolute atomic E-state index is 11.6. The van der Waals surface area contributed by atoms with Gasteiger partial charge in [0.05, 0.1) is 24.4 Å². The van der Waals surface area contributed by atoms with E-state index >= 15 is 0 Å². The Bertz CT molecular complexity index is 1090. The molecule has 0 radical (unpaired) electrons. The molecule has 0 spiro atoms. The summed E-state index contributed by atoms with van der Waals surface area (Å²) >= 11 is 6.88. The van der Waals surface area contributed by atoms with Gasteiger partial charge in [0.25, 0.3) is 0 Å². The van der Waals surface area contributed by atoms with E-state index in [0.29, 0.717) is 41.5 Å². The van der Waals surface area contributed by atoms with Crippen molar-refractivity contribution in [3.8, 4) is 11.5 Å². The Balaban J connectivity index is 1.96. The van der Waals surface area contributed by atoms with Crippen molar-refractivity contribution < 1.29 is 14.4 Å². The second kappa shape index (κ2) is 10.1. The van der Waals surface area contributed by atoms with Crippen LogP contribution in [0, 0.1) is 14.9 Å². The number of aromatic nitrogens is 3. The average Bonchev–Trinajstić information content (AvgIpc) is 3.35. The first kappa shape index (κ1) is 21.7. The highest BCUT2D eigenvalue weighted by atomic mass is 32.1. The van der Waals surface area contributed by atoms with E-state index in [-0.39, 0.29) is 11.4 Å². The summed E-state index contributed by atoms with van der Waals surface area (Å²) in [6.07, 6.45) is 2.77. The van der Waals surface area contributed by atoms with Crippen molar-refractivity contribution in [3.05, 3.63) is 60.8 Å². The van der Waals surface area contributed by atoms with Gasteiger partial charge in [0.15, 0.2) is 11.6 Å². The lowest BCUT2D eigenvalue weighted by Gasteiger charge is -2.12. The zero-order valence-electron chi connectivity index (χ0n) is 16.5. The van der Waals surface area contributed by atoms with Gasteiger partial charge in [-0.25, -0.2) is 0 Å². The van der Waals surface area contributed by atoms with Crippen LogP contribution in [-0.4, -0.2) is 39.2 Å². The van der Waals surface area contributed by atoms with Crippen LogP contribution in [-0.2, 0) is 6.42 Å². The van der Waals surface area contributed by atoms with E-state index in [2.05, 4.69) is 15.3 Å². The molecule has 0 aliphatic rings. The van der Waals surface area contributed by atoms with Crippen LogP contribution >= 0.6 is 23.6 Å². The summed E-state index contributed by atoms with van der Waals surface area (Å²) in [6.45, 7) is 4.43. The fourth-order valence-electron chi connectivity index (χ4n) is 2.68. The smallest absolute Gasteiger partial charge is 0.315 e. The van der Waals surface area contributed by atoms with Crippen LogP contribution in [0.2, 0.25) is 0 Å². The molecule has 0 aliphatic carbocycles. The highest BCUT2D eigenvalue weighted by Gasteiger charge is 2.22. The lowest BCUT2D eigenvalue weighted by Crippen LogP contribution is -2.05. The fourth-order valence-corrected chi connectivity index (χ4v) is 3.58. The van der Waals surface area contributed by atoms with Crippen molar-refractivity contribution in [2.45, 2.75) is 26.7 Å². The van der Waals surface area contributed by atoms with E-state index in [1.54, 1.807) is 24.3 Å². The molecule has 2 aromatic heterocycles. The van der Waals surface area contributed by atoms with Crippen LogP contribution in [0.4, 0.5) is 5.69 Å². The molecule has 0 aliphatic heterocycles. The largest absolute Gasteiger partial charge is 0.490 e. The Kier molecular flexibility index (Phi) is 7.31. The molecule has 0 unspecified atom stereocenters. The van der Waals surface area contributed by atoms with Crippen molar-refractivity contribution >= 4 is 35.5 Å². The van der Waals surface area contributed by atoms with Crippen molar-refractivity contribution in [3.63, 3.8) is 0 Å². The van der Waals surface area contributed by atoms with Gasteiger partial charge in [-0.15, -0.1) is 11.3 Å². The monoisotopic (exact) mass is 447 g/mol. The van der Waals surface area contributed by atoms with Crippen LogP contribution in [0.25, 0.3) is 0 Å². The predicted molar refractivity (Wildman–Crippen MR) is 118 cm³/mol. The van der Waals surface area contributed by atoms with Gasteiger partial charge >= 0.3 is 5.69 Å². The molecule has 2 heterocycles.